The van der Waals surface area contributed by atoms with Crippen molar-refractivity contribution in [3.63, 3.8) is 0 Å². The number of benzene rings is 1. The maximum atomic E-state index is 6.37. The van der Waals surface area contributed by atoms with Crippen LogP contribution in [0.5, 0.6) is 0 Å². The molecule has 1 atom stereocenters. The van der Waals surface area contributed by atoms with Crippen molar-refractivity contribution >= 4 is 17.1 Å². The second kappa shape index (κ2) is 5.94. The number of nitrogens with zero attached hydrogens (tertiary/aromatic N) is 2. The van der Waals surface area contributed by atoms with Gasteiger partial charge in [-0.3, -0.25) is 0 Å². The maximum absolute atomic E-state index is 6.37. The van der Waals surface area contributed by atoms with E-state index in [9.17, 15) is 0 Å². The Balaban J connectivity index is 1.82. The van der Waals surface area contributed by atoms with Crippen LogP contribution in [0, 0.1) is 0 Å². The molecule has 0 spiro atoms. The molecule has 2 heterocycles. The van der Waals surface area contributed by atoms with Gasteiger partial charge in [-0.05, 0) is 56.7 Å². The van der Waals surface area contributed by atoms with Crippen LogP contribution in [0.15, 0.2) is 18.2 Å². The average Bonchev–Trinajstić information content (AvgIpc) is 3.01. The number of hydrogen-bond donors (Lipinski definition) is 1. The predicted octanol–water partition coefficient (Wildman–Crippen LogP) is 3.64. The first-order valence-corrected chi connectivity index (χ1v) is 8.20. The Kier molecular flexibility index (Phi) is 4.04. The zero-order valence-electron chi connectivity index (χ0n) is 12.6. The molecule has 2 aliphatic heterocycles. The van der Waals surface area contributed by atoms with Gasteiger partial charge in [-0.1, -0.05) is 6.92 Å². The Labute approximate surface area is 122 Å². The monoisotopic (exact) mass is 273 g/mol. The molecule has 0 saturated carbocycles. The van der Waals surface area contributed by atoms with Gasteiger partial charge in [-0.2, -0.15) is 0 Å². The van der Waals surface area contributed by atoms with E-state index >= 15 is 0 Å². The van der Waals surface area contributed by atoms with Crippen molar-refractivity contribution in [1.29, 1.82) is 0 Å². The van der Waals surface area contributed by atoms with Crippen LogP contribution in [0.25, 0.3) is 0 Å². The van der Waals surface area contributed by atoms with E-state index in [0.29, 0.717) is 6.04 Å². The van der Waals surface area contributed by atoms with Crippen molar-refractivity contribution in [3.05, 3.63) is 18.2 Å². The summed E-state index contributed by atoms with van der Waals surface area (Å²) in [6.45, 7) is 5.81. The van der Waals surface area contributed by atoms with E-state index in [1.54, 1.807) is 0 Å². The fraction of sp³-hybridized carbons (Fsp3) is 0.647. The average molecular weight is 273 g/mol. The van der Waals surface area contributed by atoms with Crippen LogP contribution in [0.2, 0.25) is 0 Å². The standard InChI is InChI=1S/C17H27N3/c1-2-14-7-3-4-12-20(14)17-9-8-15(13-16(17)18)19-10-5-6-11-19/h8-9,13-14H,2-7,10-12,18H2,1H3. The molecule has 0 aromatic heterocycles. The van der Waals surface area contributed by atoms with E-state index in [1.165, 1.54) is 63.0 Å². The number of piperidine rings is 1. The minimum atomic E-state index is 0.670. The quantitative estimate of drug-likeness (QED) is 0.853. The maximum Gasteiger partial charge on any atom is 0.0603 e. The Morgan fingerprint density at radius 3 is 2.55 bits per heavy atom. The van der Waals surface area contributed by atoms with Crippen molar-refractivity contribution in [2.24, 2.45) is 0 Å². The topological polar surface area (TPSA) is 32.5 Å². The van der Waals surface area contributed by atoms with Crippen LogP contribution < -0.4 is 15.5 Å². The van der Waals surface area contributed by atoms with Crippen LogP contribution in [-0.2, 0) is 0 Å². The summed E-state index contributed by atoms with van der Waals surface area (Å²) in [5, 5.41) is 0. The van der Waals surface area contributed by atoms with Gasteiger partial charge in [-0.15, -0.1) is 0 Å². The summed E-state index contributed by atoms with van der Waals surface area (Å²) in [6.07, 6.45) is 7.80. The van der Waals surface area contributed by atoms with Crippen LogP contribution in [-0.4, -0.2) is 25.7 Å². The molecular weight excluding hydrogens is 246 g/mol. The number of hydrogen-bond acceptors (Lipinski definition) is 3. The molecule has 3 nitrogen and oxygen atoms in total. The van der Waals surface area contributed by atoms with Gasteiger partial charge in [0.1, 0.15) is 0 Å². The van der Waals surface area contributed by atoms with E-state index < -0.39 is 0 Å². The molecule has 2 aliphatic rings. The molecule has 110 valence electrons. The lowest BCUT2D eigenvalue weighted by molar-refractivity contribution is 0.450. The number of nitrogen functional groups attached to an aromatic ring is 1. The Bertz CT molecular complexity index is 452. The van der Waals surface area contributed by atoms with Crippen molar-refractivity contribution in [1.82, 2.24) is 0 Å². The highest BCUT2D eigenvalue weighted by Crippen LogP contribution is 2.34. The van der Waals surface area contributed by atoms with Crippen molar-refractivity contribution in [2.45, 2.75) is 51.5 Å². The number of anilines is 3. The third-order valence-electron chi connectivity index (χ3n) is 4.89. The van der Waals surface area contributed by atoms with E-state index in [0.717, 1.165) is 12.2 Å². The van der Waals surface area contributed by atoms with Gasteiger partial charge in [0.2, 0.25) is 0 Å². The molecule has 1 unspecified atom stereocenters. The van der Waals surface area contributed by atoms with E-state index in [1.807, 2.05) is 0 Å². The molecule has 2 saturated heterocycles. The van der Waals surface area contributed by atoms with Crippen molar-refractivity contribution in [3.8, 4) is 0 Å². The molecule has 0 bridgehead atoms. The molecule has 2 N–H and O–H groups in total. The minimum Gasteiger partial charge on any atom is -0.397 e. The molecule has 1 aromatic carbocycles. The summed E-state index contributed by atoms with van der Waals surface area (Å²) < 4.78 is 0. The Hall–Kier alpha value is -1.38. The second-order valence-electron chi connectivity index (χ2n) is 6.19. The summed E-state index contributed by atoms with van der Waals surface area (Å²) in [4.78, 5) is 4.99. The van der Waals surface area contributed by atoms with Crippen LogP contribution in [0.1, 0.15) is 45.4 Å². The lowest BCUT2D eigenvalue weighted by atomic mass is 9.98. The number of nitrogens with two attached hydrogens (primary N) is 1. The summed E-state index contributed by atoms with van der Waals surface area (Å²) in [5.74, 6) is 0. The third kappa shape index (κ3) is 2.58. The zero-order valence-corrected chi connectivity index (χ0v) is 12.6. The molecule has 0 aliphatic carbocycles. The molecule has 0 amide bonds. The zero-order chi connectivity index (χ0) is 13.9. The minimum absolute atomic E-state index is 0.670. The van der Waals surface area contributed by atoms with Gasteiger partial charge < -0.3 is 15.5 Å². The molecule has 0 radical (unpaired) electrons. The Morgan fingerprint density at radius 2 is 1.85 bits per heavy atom. The van der Waals surface area contributed by atoms with Gasteiger partial charge in [0, 0.05) is 31.4 Å². The number of rotatable bonds is 3. The highest BCUT2D eigenvalue weighted by atomic mass is 15.2. The first-order valence-electron chi connectivity index (χ1n) is 8.20. The summed E-state index contributed by atoms with van der Waals surface area (Å²) in [5.41, 5.74) is 9.87. The molecule has 20 heavy (non-hydrogen) atoms. The smallest absolute Gasteiger partial charge is 0.0603 e. The fourth-order valence-corrected chi connectivity index (χ4v) is 3.72. The van der Waals surface area contributed by atoms with E-state index in [4.69, 9.17) is 5.73 Å². The van der Waals surface area contributed by atoms with Crippen LogP contribution in [0.3, 0.4) is 0 Å². The predicted molar refractivity (Wildman–Crippen MR) is 87.6 cm³/mol. The molecule has 2 fully saturated rings. The Morgan fingerprint density at radius 1 is 1.10 bits per heavy atom. The summed E-state index contributed by atoms with van der Waals surface area (Å²) in [7, 11) is 0. The molecule has 3 heteroatoms. The van der Waals surface area contributed by atoms with Crippen molar-refractivity contribution < 1.29 is 0 Å². The van der Waals surface area contributed by atoms with Gasteiger partial charge in [0.05, 0.1) is 11.4 Å². The highest BCUT2D eigenvalue weighted by Gasteiger charge is 2.23. The third-order valence-corrected chi connectivity index (χ3v) is 4.89. The fourth-order valence-electron chi connectivity index (χ4n) is 3.72. The largest absolute Gasteiger partial charge is 0.397 e. The van der Waals surface area contributed by atoms with E-state index in [2.05, 4.69) is 34.9 Å². The SMILES string of the molecule is CCC1CCCCN1c1ccc(N2CCCC2)cc1N. The molecule has 3 rings (SSSR count). The molecular formula is C17H27N3. The van der Waals surface area contributed by atoms with Gasteiger partial charge in [0.15, 0.2) is 0 Å². The normalized spacial score (nSPS) is 23.4. The van der Waals surface area contributed by atoms with Crippen LogP contribution in [0.4, 0.5) is 17.1 Å². The first kappa shape index (κ1) is 13.6. The lowest BCUT2D eigenvalue weighted by Gasteiger charge is -2.38. The summed E-state index contributed by atoms with van der Waals surface area (Å²) >= 11 is 0. The summed E-state index contributed by atoms with van der Waals surface area (Å²) in [6, 6.07) is 7.36. The lowest BCUT2D eigenvalue weighted by Crippen LogP contribution is -2.39. The van der Waals surface area contributed by atoms with E-state index in [-0.39, 0.29) is 0 Å². The molecule has 1 aromatic rings. The second-order valence-corrected chi connectivity index (χ2v) is 6.19. The van der Waals surface area contributed by atoms with Gasteiger partial charge in [0.25, 0.3) is 0 Å². The van der Waals surface area contributed by atoms with Gasteiger partial charge in [-0.25, -0.2) is 0 Å². The van der Waals surface area contributed by atoms with Gasteiger partial charge >= 0.3 is 0 Å². The first-order chi connectivity index (χ1) is 9.79. The highest BCUT2D eigenvalue weighted by molar-refractivity contribution is 5.73. The van der Waals surface area contributed by atoms with Crippen molar-refractivity contribution in [2.75, 3.05) is 35.2 Å². The van der Waals surface area contributed by atoms with Crippen LogP contribution >= 0.6 is 0 Å².